The number of carbonyl (C=O) groups is 1. The van der Waals surface area contributed by atoms with Crippen LogP contribution in [-0.4, -0.2) is 22.6 Å². The van der Waals surface area contributed by atoms with Crippen LogP contribution in [0.15, 0.2) is 18.2 Å². The van der Waals surface area contributed by atoms with Crippen LogP contribution in [0.1, 0.15) is 52.2 Å². The van der Waals surface area contributed by atoms with Crippen LogP contribution in [-0.2, 0) is 25.8 Å². The van der Waals surface area contributed by atoms with Crippen molar-refractivity contribution < 1.29 is 9.90 Å². The molecule has 3 N–H and O–H groups in total. The van der Waals surface area contributed by atoms with Gasteiger partial charge in [-0.05, 0) is 53.4 Å². The Bertz CT molecular complexity index is 854. The normalized spacial score (nSPS) is 19.3. The Morgan fingerprint density at radius 3 is 2.84 bits per heavy atom. The molecular formula is C20H24N2O2S. The number of thiophene rings is 1. The van der Waals surface area contributed by atoms with E-state index in [-0.39, 0.29) is 5.41 Å². The average molecular weight is 356 g/mol. The second kappa shape index (κ2) is 5.94. The summed E-state index contributed by atoms with van der Waals surface area (Å²) in [6.07, 6.45) is 3.85. The number of rotatable bonds is 2. The molecule has 0 unspecified atom stereocenters. The Hall–Kier alpha value is -1.69. The molecule has 0 spiro atoms. The van der Waals surface area contributed by atoms with Gasteiger partial charge in [-0.15, -0.1) is 11.3 Å². The number of fused-ring (bicyclic) bond motifs is 2. The van der Waals surface area contributed by atoms with Gasteiger partial charge in [0, 0.05) is 22.8 Å². The van der Waals surface area contributed by atoms with Crippen molar-refractivity contribution in [1.82, 2.24) is 5.01 Å². The zero-order valence-corrected chi connectivity index (χ0v) is 15.6. The first-order valence-corrected chi connectivity index (χ1v) is 9.66. The minimum absolute atomic E-state index is 0.166. The quantitative estimate of drug-likeness (QED) is 0.802. The Labute approximate surface area is 152 Å². The summed E-state index contributed by atoms with van der Waals surface area (Å²) < 4.78 is 0. The van der Waals surface area contributed by atoms with E-state index in [2.05, 4.69) is 32.0 Å². The summed E-state index contributed by atoms with van der Waals surface area (Å²) in [5.41, 5.74) is 5.29. The number of carboxylic acid groups (broad SMARTS) is 1. The van der Waals surface area contributed by atoms with Crippen LogP contribution < -0.4 is 5.84 Å². The van der Waals surface area contributed by atoms with Crippen molar-refractivity contribution in [3.05, 3.63) is 45.3 Å². The van der Waals surface area contributed by atoms with Gasteiger partial charge in [0.15, 0.2) is 0 Å². The Morgan fingerprint density at radius 2 is 2.08 bits per heavy atom. The van der Waals surface area contributed by atoms with E-state index in [4.69, 9.17) is 5.84 Å². The van der Waals surface area contributed by atoms with E-state index in [1.54, 1.807) is 11.3 Å². The molecule has 2 aliphatic rings. The molecule has 0 atom stereocenters. The molecule has 1 aromatic carbocycles. The molecule has 4 nitrogen and oxygen atoms in total. The minimum atomic E-state index is -0.803. The number of benzene rings is 1. The summed E-state index contributed by atoms with van der Waals surface area (Å²) in [6.45, 7) is 5.99. The highest BCUT2D eigenvalue weighted by molar-refractivity contribution is 7.16. The molecule has 4 rings (SSSR count). The Kier molecular flexibility index (Phi) is 3.98. The third-order valence-electron chi connectivity index (χ3n) is 5.54. The monoisotopic (exact) mass is 356 g/mol. The number of aromatic carboxylic acids is 1. The molecule has 0 radical (unpaired) electrons. The fraction of sp³-hybridized carbons (Fsp3) is 0.450. The molecule has 0 saturated carbocycles. The maximum absolute atomic E-state index is 12.1. The number of hydrogen-bond donors (Lipinski definition) is 2. The number of hydrogen-bond acceptors (Lipinski definition) is 4. The SMILES string of the molecule is CC1(C)CCc2sc(-c3cccc4c3CN(N)CC4)c(C(=O)O)c2C1. The second-order valence-corrected chi connectivity index (χ2v) is 9.12. The molecule has 1 aliphatic heterocycles. The van der Waals surface area contributed by atoms with E-state index in [0.29, 0.717) is 12.1 Å². The molecule has 0 fully saturated rings. The lowest BCUT2D eigenvalue weighted by molar-refractivity contribution is 0.0696. The van der Waals surface area contributed by atoms with Gasteiger partial charge in [0.25, 0.3) is 0 Å². The van der Waals surface area contributed by atoms with Crippen molar-refractivity contribution in [3.8, 4) is 10.4 Å². The molecule has 1 aliphatic carbocycles. The van der Waals surface area contributed by atoms with Gasteiger partial charge in [-0.25, -0.2) is 9.80 Å². The van der Waals surface area contributed by atoms with Gasteiger partial charge in [0.1, 0.15) is 0 Å². The number of carboxylic acids is 1. The summed E-state index contributed by atoms with van der Waals surface area (Å²) in [4.78, 5) is 14.3. The molecule has 25 heavy (non-hydrogen) atoms. The topological polar surface area (TPSA) is 66.6 Å². The number of nitrogens with zero attached hydrogens (tertiary/aromatic N) is 1. The van der Waals surface area contributed by atoms with Crippen molar-refractivity contribution in [2.45, 2.75) is 46.1 Å². The molecule has 1 aromatic heterocycles. The Balaban J connectivity index is 1.91. The molecule has 0 bridgehead atoms. The van der Waals surface area contributed by atoms with Crippen molar-refractivity contribution in [2.24, 2.45) is 11.3 Å². The highest BCUT2D eigenvalue weighted by Crippen LogP contribution is 2.46. The van der Waals surface area contributed by atoms with Crippen molar-refractivity contribution >= 4 is 17.3 Å². The predicted molar refractivity (Wildman–Crippen MR) is 101 cm³/mol. The van der Waals surface area contributed by atoms with Crippen molar-refractivity contribution in [2.75, 3.05) is 6.54 Å². The van der Waals surface area contributed by atoms with Crippen molar-refractivity contribution in [1.29, 1.82) is 0 Å². The summed E-state index contributed by atoms with van der Waals surface area (Å²) in [5.74, 6) is 5.25. The van der Waals surface area contributed by atoms with E-state index in [1.165, 1.54) is 16.0 Å². The van der Waals surface area contributed by atoms with Crippen LogP contribution in [0.3, 0.4) is 0 Å². The first-order chi connectivity index (χ1) is 11.9. The lowest BCUT2D eigenvalue weighted by Crippen LogP contribution is -2.36. The molecule has 5 heteroatoms. The lowest BCUT2D eigenvalue weighted by Gasteiger charge is -2.29. The third-order valence-corrected chi connectivity index (χ3v) is 6.86. The summed E-state index contributed by atoms with van der Waals surface area (Å²) in [5, 5.41) is 11.8. The number of hydrazine groups is 1. The fourth-order valence-corrected chi connectivity index (χ4v) is 5.51. The van der Waals surface area contributed by atoms with Crippen LogP contribution in [0.4, 0.5) is 0 Å². The van der Waals surface area contributed by atoms with Gasteiger partial charge in [0.2, 0.25) is 0 Å². The zero-order valence-electron chi connectivity index (χ0n) is 14.8. The minimum Gasteiger partial charge on any atom is -0.478 e. The highest BCUT2D eigenvalue weighted by Gasteiger charge is 2.33. The average Bonchev–Trinajstić information content (AvgIpc) is 2.91. The van der Waals surface area contributed by atoms with E-state index < -0.39 is 5.97 Å². The van der Waals surface area contributed by atoms with Gasteiger partial charge in [-0.2, -0.15) is 0 Å². The summed E-state index contributed by atoms with van der Waals surface area (Å²) >= 11 is 1.68. The smallest absolute Gasteiger partial charge is 0.337 e. The van der Waals surface area contributed by atoms with E-state index >= 15 is 0 Å². The summed E-state index contributed by atoms with van der Waals surface area (Å²) in [7, 11) is 0. The van der Waals surface area contributed by atoms with Crippen LogP contribution >= 0.6 is 11.3 Å². The molecule has 132 valence electrons. The first kappa shape index (κ1) is 16.8. The molecule has 0 amide bonds. The zero-order chi connectivity index (χ0) is 17.8. The van der Waals surface area contributed by atoms with Crippen LogP contribution in [0.2, 0.25) is 0 Å². The third kappa shape index (κ3) is 2.90. The second-order valence-electron chi connectivity index (χ2n) is 8.02. The molecule has 2 heterocycles. The van der Waals surface area contributed by atoms with E-state index in [1.807, 2.05) is 5.01 Å². The molecule has 2 aromatic rings. The van der Waals surface area contributed by atoms with Gasteiger partial charge < -0.3 is 5.11 Å². The number of aryl methyl sites for hydroxylation is 1. The largest absolute Gasteiger partial charge is 0.478 e. The number of nitrogens with two attached hydrogens (primary N) is 1. The predicted octanol–water partition coefficient (Wildman–Crippen LogP) is 3.86. The van der Waals surface area contributed by atoms with Crippen LogP contribution in [0.5, 0.6) is 0 Å². The maximum atomic E-state index is 12.1. The van der Waals surface area contributed by atoms with Gasteiger partial charge >= 0.3 is 5.97 Å². The lowest BCUT2D eigenvalue weighted by atomic mass is 9.75. The molecular weight excluding hydrogens is 332 g/mol. The maximum Gasteiger partial charge on any atom is 0.337 e. The Morgan fingerprint density at radius 1 is 1.28 bits per heavy atom. The highest BCUT2D eigenvalue weighted by atomic mass is 32.1. The standard InChI is InChI=1S/C20H24N2O2S/c1-20(2)8-6-16-14(10-20)17(19(23)24)18(25-16)13-5-3-4-12-7-9-22(21)11-15(12)13/h3-5H,6-11,21H2,1-2H3,(H,23,24). The summed E-state index contributed by atoms with van der Waals surface area (Å²) in [6, 6.07) is 6.25. The molecule has 0 saturated heterocycles. The van der Waals surface area contributed by atoms with Gasteiger partial charge in [0.05, 0.1) is 5.56 Å². The van der Waals surface area contributed by atoms with E-state index in [0.717, 1.165) is 48.2 Å². The van der Waals surface area contributed by atoms with Gasteiger partial charge in [-0.1, -0.05) is 32.0 Å². The van der Waals surface area contributed by atoms with Gasteiger partial charge in [-0.3, -0.25) is 5.84 Å². The van der Waals surface area contributed by atoms with E-state index in [9.17, 15) is 9.90 Å². The fourth-order valence-electron chi connectivity index (χ4n) is 4.15. The van der Waals surface area contributed by atoms with Crippen LogP contribution in [0.25, 0.3) is 10.4 Å². The van der Waals surface area contributed by atoms with Crippen molar-refractivity contribution in [3.63, 3.8) is 0 Å². The first-order valence-electron chi connectivity index (χ1n) is 8.84. The van der Waals surface area contributed by atoms with Crippen LogP contribution in [0, 0.1) is 5.41 Å².